The van der Waals surface area contributed by atoms with Crippen molar-refractivity contribution in [1.82, 2.24) is 0 Å². The van der Waals surface area contributed by atoms with E-state index in [1.165, 1.54) is 12.3 Å². The van der Waals surface area contributed by atoms with Crippen molar-refractivity contribution in [3.05, 3.63) is 64.1 Å². The van der Waals surface area contributed by atoms with Crippen molar-refractivity contribution in [3.8, 4) is 0 Å². The molecule has 0 bridgehead atoms. The van der Waals surface area contributed by atoms with E-state index in [2.05, 4.69) is 0 Å². The SMILES string of the molecule is O=C(O)c1ccccc1SC(C[N+](=O)[O-])c1ccco1. The van der Waals surface area contributed by atoms with Crippen LogP contribution < -0.4 is 0 Å². The number of nitro groups is 1. The van der Waals surface area contributed by atoms with Gasteiger partial charge in [-0.15, -0.1) is 11.8 Å². The fraction of sp³-hybridized carbons (Fsp3) is 0.154. The second-order valence-corrected chi connectivity index (χ2v) is 5.18. The van der Waals surface area contributed by atoms with E-state index in [1.54, 1.807) is 30.3 Å². The Bertz CT molecular complexity index is 611. The average Bonchev–Trinajstić information content (AvgIpc) is 2.91. The lowest BCUT2D eigenvalue weighted by Crippen LogP contribution is -2.10. The molecule has 2 rings (SSSR count). The number of carboxylic acids is 1. The Morgan fingerprint density at radius 3 is 2.70 bits per heavy atom. The highest BCUT2D eigenvalue weighted by atomic mass is 32.2. The molecular weight excluding hydrogens is 282 g/mol. The van der Waals surface area contributed by atoms with Gasteiger partial charge >= 0.3 is 5.97 Å². The fourth-order valence-electron chi connectivity index (χ4n) is 1.69. The summed E-state index contributed by atoms with van der Waals surface area (Å²) in [6.45, 7) is -0.341. The Hall–Kier alpha value is -2.28. The van der Waals surface area contributed by atoms with Crippen LogP contribution in [0.5, 0.6) is 0 Å². The van der Waals surface area contributed by atoms with Gasteiger partial charge in [0.15, 0.2) is 0 Å². The lowest BCUT2D eigenvalue weighted by Gasteiger charge is -2.11. The molecule has 0 amide bonds. The van der Waals surface area contributed by atoms with Gasteiger partial charge in [-0.25, -0.2) is 4.79 Å². The molecule has 1 heterocycles. The van der Waals surface area contributed by atoms with Gasteiger partial charge in [0.2, 0.25) is 6.54 Å². The molecule has 0 fully saturated rings. The van der Waals surface area contributed by atoms with Crippen molar-refractivity contribution in [1.29, 1.82) is 0 Å². The van der Waals surface area contributed by atoms with Crippen LogP contribution in [-0.2, 0) is 0 Å². The first kappa shape index (κ1) is 14.1. The van der Waals surface area contributed by atoms with E-state index in [1.807, 2.05) is 0 Å². The number of rotatable bonds is 6. The highest BCUT2D eigenvalue weighted by Crippen LogP contribution is 2.37. The number of thioether (sulfide) groups is 1. The third-order valence-electron chi connectivity index (χ3n) is 2.56. The lowest BCUT2D eigenvalue weighted by atomic mass is 10.2. The molecule has 1 N–H and O–H groups in total. The van der Waals surface area contributed by atoms with Crippen LogP contribution in [0.25, 0.3) is 0 Å². The van der Waals surface area contributed by atoms with Crippen LogP contribution in [0.3, 0.4) is 0 Å². The molecule has 1 atom stereocenters. The summed E-state index contributed by atoms with van der Waals surface area (Å²) in [4.78, 5) is 21.9. The molecule has 1 aromatic carbocycles. The first-order chi connectivity index (χ1) is 9.58. The lowest BCUT2D eigenvalue weighted by molar-refractivity contribution is -0.480. The number of carboxylic acid groups (broad SMARTS) is 1. The van der Waals surface area contributed by atoms with Gasteiger partial charge in [0, 0.05) is 9.82 Å². The predicted octanol–water partition coefficient (Wildman–Crippen LogP) is 3.09. The van der Waals surface area contributed by atoms with Gasteiger partial charge in [0.1, 0.15) is 11.0 Å². The van der Waals surface area contributed by atoms with Gasteiger partial charge in [-0.2, -0.15) is 0 Å². The number of furan rings is 1. The Labute approximate surface area is 118 Å². The summed E-state index contributed by atoms with van der Waals surface area (Å²) in [7, 11) is 0. The maximum atomic E-state index is 11.1. The van der Waals surface area contributed by atoms with Gasteiger partial charge in [0.05, 0.1) is 11.8 Å². The number of benzene rings is 1. The Morgan fingerprint density at radius 2 is 2.10 bits per heavy atom. The van der Waals surface area contributed by atoms with Crippen molar-refractivity contribution in [2.24, 2.45) is 0 Å². The molecule has 1 unspecified atom stereocenters. The third kappa shape index (κ3) is 3.39. The standard InChI is InChI=1S/C13H11NO5S/c15-13(16)9-4-1-2-6-11(9)20-12(8-14(17)18)10-5-3-7-19-10/h1-7,12H,8H2,(H,15,16). The molecule has 0 aliphatic rings. The smallest absolute Gasteiger partial charge is 0.336 e. The number of aromatic carboxylic acids is 1. The Morgan fingerprint density at radius 1 is 1.35 bits per heavy atom. The molecule has 104 valence electrons. The van der Waals surface area contributed by atoms with Crippen LogP contribution in [0.2, 0.25) is 0 Å². The summed E-state index contributed by atoms with van der Waals surface area (Å²) < 4.78 is 5.20. The Balaban J connectivity index is 2.28. The number of hydrogen-bond acceptors (Lipinski definition) is 5. The first-order valence-corrected chi connectivity index (χ1v) is 6.60. The Kier molecular flexibility index (Phi) is 4.41. The minimum absolute atomic E-state index is 0.123. The molecule has 2 aromatic rings. The van der Waals surface area contributed by atoms with Crippen molar-refractivity contribution >= 4 is 17.7 Å². The quantitative estimate of drug-likeness (QED) is 0.499. The fourth-order valence-corrected chi connectivity index (χ4v) is 2.89. The summed E-state index contributed by atoms with van der Waals surface area (Å²) in [5, 5.41) is 19.3. The average molecular weight is 293 g/mol. The van der Waals surface area contributed by atoms with Crippen LogP contribution >= 0.6 is 11.8 Å². The number of carbonyl (C=O) groups is 1. The zero-order chi connectivity index (χ0) is 14.5. The molecule has 0 radical (unpaired) electrons. The highest BCUT2D eigenvalue weighted by Gasteiger charge is 2.24. The first-order valence-electron chi connectivity index (χ1n) is 5.72. The predicted molar refractivity (Wildman–Crippen MR) is 72.6 cm³/mol. The van der Waals surface area contributed by atoms with Crippen molar-refractivity contribution in [3.63, 3.8) is 0 Å². The van der Waals surface area contributed by atoms with Crippen LogP contribution in [0.15, 0.2) is 52.0 Å². The van der Waals surface area contributed by atoms with Gasteiger partial charge in [0.25, 0.3) is 0 Å². The molecule has 6 nitrogen and oxygen atoms in total. The van der Waals surface area contributed by atoms with E-state index in [0.717, 1.165) is 11.8 Å². The van der Waals surface area contributed by atoms with Crippen LogP contribution in [-0.4, -0.2) is 22.5 Å². The van der Waals surface area contributed by atoms with Gasteiger partial charge in [-0.05, 0) is 24.3 Å². The van der Waals surface area contributed by atoms with Gasteiger partial charge < -0.3 is 9.52 Å². The van der Waals surface area contributed by atoms with Crippen molar-refractivity contribution in [2.45, 2.75) is 10.1 Å². The van der Waals surface area contributed by atoms with Crippen molar-refractivity contribution in [2.75, 3.05) is 6.54 Å². The molecule has 0 aliphatic carbocycles. The van der Waals surface area contributed by atoms with E-state index < -0.39 is 16.1 Å². The van der Waals surface area contributed by atoms with Crippen LogP contribution in [0.1, 0.15) is 21.4 Å². The minimum Gasteiger partial charge on any atom is -0.478 e. The monoisotopic (exact) mass is 293 g/mol. The number of nitrogens with zero attached hydrogens (tertiary/aromatic N) is 1. The molecule has 0 saturated heterocycles. The minimum atomic E-state index is -1.06. The normalized spacial score (nSPS) is 12.0. The molecular formula is C13H11NO5S. The summed E-state index contributed by atoms with van der Waals surface area (Å²) in [5.41, 5.74) is 0.123. The molecule has 1 aromatic heterocycles. The topological polar surface area (TPSA) is 93.6 Å². The molecule has 0 spiro atoms. The summed E-state index contributed by atoms with van der Waals surface area (Å²) >= 11 is 1.11. The maximum Gasteiger partial charge on any atom is 0.336 e. The summed E-state index contributed by atoms with van der Waals surface area (Å²) in [5.74, 6) is -0.612. The van der Waals surface area contributed by atoms with Gasteiger partial charge in [-0.3, -0.25) is 10.1 Å². The highest BCUT2D eigenvalue weighted by molar-refractivity contribution is 7.99. The second kappa shape index (κ2) is 6.25. The van der Waals surface area contributed by atoms with E-state index in [4.69, 9.17) is 9.52 Å². The van der Waals surface area contributed by atoms with E-state index >= 15 is 0 Å². The third-order valence-corrected chi connectivity index (χ3v) is 3.84. The van der Waals surface area contributed by atoms with E-state index in [0.29, 0.717) is 10.7 Å². The van der Waals surface area contributed by atoms with Crippen LogP contribution in [0.4, 0.5) is 0 Å². The molecule has 0 saturated carbocycles. The van der Waals surface area contributed by atoms with E-state index in [-0.39, 0.29) is 12.1 Å². The maximum absolute atomic E-state index is 11.1. The molecule has 0 aliphatic heterocycles. The molecule has 7 heteroatoms. The van der Waals surface area contributed by atoms with Crippen molar-refractivity contribution < 1.29 is 19.2 Å². The number of hydrogen-bond donors (Lipinski definition) is 1. The van der Waals surface area contributed by atoms with Gasteiger partial charge in [-0.1, -0.05) is 12.1 Å². The zero-order valence-electron chi connectivity index (χ0n) is 10.3. The molecule has 20 heavy (non-hydrogen) atoms. The summed E-state index contributed by atoms with van der Waals surface area (Å²) in [6, 6.07) is 9.69. The zero-order valence-corrected chi connectivity index (χ0v) is 11.1. The van der Waals surface area contributed by atoms with E-state index in [9.17, 15) is 14.9 Å². The second-order valence-electron chi connectivity index (χ2n) is 3.94. The van der Waals surface area contributed by atoms with Crippen LogP contribution in [0, 0.1) is 10.1 Å². The summed E-state index contributed by atoms with van der Waals surface area (Å²) in [6.07, 6.45) is 1.44. The largest absolute Gasteiger partial charge is 0.478 e.